The lowest BCUT2D eigenvalue weighted by Gasteiger charge is -2.40. The van der Waals surface area contributed by atoms with Crippen molar-refractivity contribution in [2.45, 2.75) is 47.0 Å². The normalized spacial score (nSPS) is 35.9. The van der Waals surface area contributed by atoms with E-state index in [9.17, 15) is 0 Å². The highest BCUT2D eigenvalue weighted by Gasteiger charge is 2.34. The van der Waals surface area contributed by atoms with Gasteiger partial charge in [0, 0.05) is 0 Å². The average Bonchev–Trinajstić information content (AvgIpc) is 2.17. The molecular weight excluding hydrogens is 180 g/mol. The zero-order valence-corrected chi connectivity index (χ0v) is 10.6. The minimum Gasteiger partial charge on any atom is -0.0810 e. The molecule has 0 heterocycles. The molecule has 0 aromatic heterocycles. The Kier molecular flexibility index (Phi) is 3.04. The molecule has 0 heteroatoms. The number of hydrogen-bond acceptors (Lipinski definition) is 0. The van der Waals surface area contributed by atoms with Crippen molar-refractivity contribution in [1.82, 2.24) is 0 Å². The summed E-state index contributed by atoms with van der Waals surface area (Å²) in [6.07, 6.45) is 9.04. The highest BCUT2D eigenvalue weighted by atomic mass is 14.4. The molecule has 84 valence electrons. The van der Waals surface area contributed by atoms with Crippen molar-refractivity contribution in [2.24, 2.45) is 23.7 Å². The average molecular weight is 204 g/mol. The van der Waals surface area contributed by atoms with Gasteiger partial charge in [0.1, 0.15) is 0 Å². The molecule has 0 N–H and O–H groups in total. The first-order chi connectivity index (χ1) is 7.09. The van der Waals surface area contributed by atoms with E-state index in [0.29, 0.717) is 0 Å². The van der Waals surface area contributed by atoms with Crippen LogP contribution in [0.5, 0.6) is 0 Å². The third kappa shape index (κ3) is 2.04. The Morgan fingerprint density at radius 1 is 1.27 bits per heavy atom. The van der Waals surface area contributed by atoms with E-state index in [-0.39, 0.29) is 0 Å². The second-order valence-electron chi connectivity index (χ2n) is 5.84. The largest absolute Gasteiger partial charge is 0.0810 e. The molecule has 0 spiro atoms. The van der Waals surface area contributed by atoms with Crippen LogP contribution in [-0.2, 0) is 0 Å². The van der Waals surface area contributed by atoms with Crippen molar-refractivity contribution in [2.75, 3.05) is 0 Å². The highest BCUT2D eigenvalue weighted by Crippen LogP contribution is 2.45. The first kappa shape index (κ1) is 11.0. The monoisotopic (exact) mass is 204 g/mol. The number of allylic oxidation sites excluding steroid dienone is 4. The molecule has 1 fully saturated rings. The van der Waals surface area contributed by atoms with Gasteiger partial charge in [0.25, 0.3) is 0 Å². The predicted molar refractivity (Wildman–Crippen MR) is 66.7 cm³/mol. The van der Waals surface area contributed by atoms with Crippen molar-refractivity contribution in [3.05, 3.63) is 23.3 Å². The van der Waals surface area contributed by atoms with Gasteiger partial charge in [-0.05, 0) is 49.9 Å². The molecule has 2 aliphatic carbocycles. The fourth-order valence-electron chi connectivity index (χ4n) is 3.35. The summed E-state index contributed by atoms with van der Waals surface area (Å²) in [5, 5.41) is 0. The molecule has 3 atom stereocenters. The predicted octanol–water partition coefficient (Wildman–Crippen LogP) is 4.58. The maximum absolute atomic E-state index is 2.48. The highest BCUT2D eigenvalue weighted by molar-refractivity contribution is 5.31. The van der Waals surface area contributed by atoms with Crippen LogP contribution >= 0.6 is 0 Å². The number of hydrogen-bond donors (Lipinski definition) is 0. The van der Waals surface area contributed by atoms with Crippen LogP contribution in [0, 0.1) is 23.7 Å². The SMILES string of the molecule is CC1=CC[C@@H]2C(=C1)[C@@H](C(C)C)CC[C@@H]2C. The maximum atomic E-state index is 2.48. The summed E-state index contributed by atoms with van der Waals surface area (Å²) >= 11 is 0. The van der Waals surface area contributed by atoms with Crippen LogP contribution < -0.4 is 0 Å². The van der Waals surface area contributed by atoms with E-state index in [0.717, 1.165) is 23.7 Å². The molecule has 0 aromatic carbocycles. The lowest BCUT2D eigenvalue weighted by atomic mass is 9.65. The van der Waals surface area contributed by atoms with Crippen LogP contribution in [0.3, 0.4) is 0 Å². The molecule has 0 aromatic rings. The van der Waals surface area contributed by atoms with Gasteiger partial charge in [-0.15, -0.1) is 0 Å². The number of fused-ring (bicyclic) bond motifs is 1. The topological polar surface area (TPSA) is 0 Å². The zero-order valence-electron chi connectivity index (χ0n) is 10.6. The van der Waals surface area contributed by atoms with E-state index in [4.69, 9.17) is 0 Å². The maximum Gasteiger partial charge on any atom is -0.0137 e. The molecule has 2 aliphatic rings. The first-order valence-electron chi connectivity index (χ1n) is 6.48. The van der Waals surface area contributed by atoms with Crippen molar-refractivity contribution >= 4 is 0 Å². The van der Waals surface area contributed by atoms with E-state index in [2.05, 4.69) is 39.8 Å². The second kappa shape index (κ2) is 4.15. The van der Waals surface area contributed by atoms with Crippen LogP contribution in [0.1, 0.15) is 47.0 Å². The fraction of sp³-hybridized carbons (Fsp3) is 0.733. The second-order valence-corrected chi connectivity index (χ2v) is 5.84. The molecule has 0 saturated heterocycles. The summed E-state index contributed by atoms with van der Waals surface area (Å²) in [6, 6.07) is 0. The van der Waals surface area contributed by atoms with E-state index >= 15 is 0 Å². The molecular formula is C15H24. The van der Waals surface area contributed by atoms with Crippen LogP contribution in [0.2, 0.25) is 0 Å². The van der Waals surface area contributed by atoms with Crippen LogP contribution in [0.25, 0.3) is 0 Å². The van der Waals surface area contributed by atoms with Crippen LogP contribution in [0.15, 0.2) is 23.3 Å². The van der Waals surface area contributed by atoms with Crippen LogP contribution in [-0.4, -0.2) is 0 Å². The molecule has 0 nitrogen and oxygen atoms in total. The minimum absolute atomic E-state index is 0.817. The summed E-state index contributed by atoms with van der Waals surface area (Å²) < 4.78 is 0. The van der Waals surface area contributed by atoms with Gasteiger partial charge in [0.15, 0.2) is 0 Å². The molecule has 2 rings (SSSR count). The Bertz CT molecular complexity index is 293. The minimum atomic E-state index is 0.817. The smallest absolute Gasteiger partial charge is 0.0137 e. The Morgan fingerprint density at radius 2 is 2.00 bits per heavy atom. The van der Waals surface area contributed by atoms with E-state index in [1.165, 1.54) is 24.8 Å². The first-order valence-corrected chi connectivity index (χ1v) is 6.48. The van der Waals surface area contributed by atoms with Gasteiger partial charge in [-0.2, -0.15) is 0 Å². The summed E-state index contributed by atoms with van der Waals surface area (Å²) in [6.45, 7) is 9.45. The molecule has 0 aliphatic heterocycles. The van der Waals surface area contributed by atoms with Gasteiger partial charge < -0.3 is 0 Å². The molecule has 0 radical (unpaired) electrons. The Hall–Kier alpha value is -0.520. The van der Waals surface area contributed by atoms with Crippen molar-refractivity contribution in [3.63, 3.8) is 0 Å². The standard InChI is InChI=1S/C15H24/c1-10(2)13-8-6-12(4)14-7-5-11(3)9-15(13)14/h5,9-10,12-14H,6-8H2,1-4H3/t12-,13+,14-/m0/s1. The molecule has 0 unspecified atom stereocenters. The van der Waals surface area contributed by atoms with E-state index in [1.54, 1.807) is 5.57 Å². The number of rotatable bonds is 1. The van der Waals surface area contributed by atoms with Crippen molar-refractivity contribution < 1.29 is 0 Å². The fourth-order valence-corrected chi connectivity index (χ4v) is 3.35. The Balaban J connectivity index is 2.28. The molecule has 1 saturated carbocycles. The van der Waals surface area contributed by atoms with Crippen molar-refractivity contribution in [3.8, 4) is 0 Å². The van der Waals surface area contributed by atoms with Crippen molar-refractivity contribution in [1.29, 1.82) is 0 Å². The quantitative estimate of drug-likeness (QED) is 0.586. The Morgan fingerprint density at radius 3 is 2.67 bits per heavy atom. The molecule has 15 heavy (non-hydrogen) atoms. The summed E-state index contributed by atoms with van der Waals surface area (Å²) in [5.41, 5.74) is 3.25. The summed E-state index contributed by atoms with van der Waals surface area (Å²) in [4.78, 5) is 0. The molecule has 0 bridgehead atoms. The van der Waals surface area contributed by atoms with E-state index in [1.807, 2.05) is 0 Å². The molecule has 0 amide bonds. The zero-order chi connectivity index (χ0) is 11.0. The van der Waals surface area contributed by atoms with Gasteiger partial charge in [-0.3, -0.25) is 0 Å². The summed E-state index contributed by atoms with van der Waals surface area (Å²) in [5.74, 6) is 3.43. The van der Waals surface area contributed by atoms with Crippen LogP contribution in [0.4, 0.5) is 0 Å². The van der Waals surface area contributed by atoms with Gasteiger partial charge >= 0.3 is 0 Å². The third-order valence-corrected chi connectivity index (χ3v) is 4.37. The lowest BCUT2D eigenvalue weighted by Crippen LogP contribution is -2.30. The lowest BCUT2D eigenvalue weighted by molar-refractivity contribution is 0.236. The third-order valence-electron chi connectivity index (χ3n) is 4.37. The van der Waals surface area contributed by atoms with E-state index < -0.39 is 0 Å². The summed E-state index contributed by atoms with van der Waals surface area (Å²) in [7, 11) is 0. The van der Waals surface area contributed by atoms with Gasteiger partial charge in [-0.25, -0.2) is 0 Å². The Labute approximate surface area is 94.5 Å². The van der Waals surface area contributed by atoms with Gasteiger partial charge in [0.05, 0.1) is 0 Å². The van der Waals surface area contributed by atoms with Gasteiger partial charge in [-0.1, -0.05) is 44.1 Å². The van der Waals surface area contributed by atoms with Gasteiger partial charge in [0.2, 0.25) is 0 Å².